The molecule has 4 nitrogen and oxygen atoms in total. The van der Waals surface area contributed by atoms with Crippen molar-refractivity contribution in [1.82, 2.24) is 5.32 Å². The fourth-order valence-electron chi connectivity index (χ4n) is 2.39. The van der Waals surface area contributed by atoms with Crippen molar-refractivity contribution in [1.29, 1.82) is 0 Å². The lowest BCUT2D eigenvalue weighted by molar-refractivity contribution is 0.195. The van der Waals surface area contributed by atoms with E-state index in [2.05, 4.69) is 5.32 Å². The van der Waals surface area contributed by atoms with Crippen LogP contribution in [0.15, 0.2) is 18.2 Å². The normalized spacial score (nSPS) is 15.1. The molecule has 0 unspecified atom stereocenters. The monoisotopic (exact) mass is 248 g/mol. The molecular weight excluding hydrogens is 228 g/mol. The summed E-state index contributed by atoms with van der Waals surface area (Å²) in [6, 6.07) is 5.94. The number of hydrogen-bond donors (Lipinski definition) is 2. The third-order valence-corrected chi connectivity index (χ3v) is 3.20. The summed E-state index contributed by atoms with van der Waals surface area (Å²) in [6.45, 7) is 7.52. The lowest BCUT2D eigenvalue weighted by Gasteiger charge is -2.34. The van der Waals surface area contributed by atoms with Crippen molar-refractivity contribution in [2.24, 2.45) is 0 Å². The van der Waals surface area contributed by atoms with Gasteiger partial charge in [0.25, 0.3) is 0 Å². The van der Waals surface area contributed by atoms with E-state index >= 15 is 0 Å². The van der Waals surface area contributed by atoms with Crippen molar-refractivity contribution < 1.29 is 9.90 Å². The highest BCUT2D eigenvalue weighted by Gasteiger charge is 2.28. The zero-order valence-electron chi connectivity index (χ0n) is 11.2. The van der Waals surface area contributed by atoms with Gasteiger partial charge in [-0.05, 0) is 57.0 Å². The third-order valence-electron chi connectivity index (χ3n) is 3.20. The largest absolute Gasteiger partial charge is 0.465 e. The van der Waals surface area contributed by atoms with Gasteiger partial charge in [-0.3, -0.25) is 4.90 Å². The molecule has 2 N–H and O–H groups in total. The molecular formula is C14H20N2O2. The number of carboxylic acid groups (broad SMARTS) is 1. The van der Waals surface area contributed by atoms with Crippen LogP contribution < -0.4 is 10.2 Å². The SMILES string of the molecule is CC(C)(C)N(C(=O)O)c1ccc2c(c1)CNCC2. The summed E-state index contributed by atoms with van der Waals surface area (Å²) in [6.07, 6.45) is 0.101. The lowest BCUT2D eigenvalue weighted by atomic mass is 9.98. The van der Waals surface area contributed by atoms with Crippen LogP contribution in [0.2, 0.25) is 0 Å². The molecule has 18 heavy (non-hydrogen) atoms. The molecule has 4 heteroatoms. The summed E-state index contributed by atoms with van der Waals surface area (Å²) in [5.41, 5.74) is 2.82. The second-order valence-corrected chi connectivity index (χ2v) is 5.67. The zero-order valence-corrected chi connectivity index (χ0v) is 11.2. The van der Waals surface area contributed by atoms with E-state index in [0.717, 1.165) is 25.2 Å². The van der Waals surface area contributed by atoms with Gasteiger partial charge in [-0.2, -0.15) is 0 Å². The maximum atomic E-state index is 11.4. The minimum atomic E-state index is -0.911. The van der Waals surface area contributed by atoms with Crippen molar-refractivity contribution >= 4 is 11.8 Å². The van der Waals surface area contributed by atoms with E-state index in [4.69, 9.17) is 0 Å². The first-order valence-corrected chi connectivity index (χ1v) is 6.25. The quantitative estimate of drug-likeness (QED) is 0.803. The summed E-state index contributed by atoms with van der Waals surface area (Å²) >= 11 is 0. The Labute approximate surface area is 108 Å². The average molecular weight is 248 g/mol. The Bertz CT molecular complexity index is 463. The first-order valence-electron chi connectivity index (χ1n) is 6.25. The van der Waals surface area contributed by atoms with Gasteiger partial charge < -0.3 is 10.4 Å². The Morgan fingerprint density at radius 1 is 1.33 bits per heavy atom. The number of rotatable bonds is 1. The average Bonchev–Trinajstić information content (AvgIpc) is 2.26. The van der Waals surface area contributed by atoms with Gasteiger partial charge in [-0.25, -0.2) is 4.79 Å². The first kappa shape index (κ1) is 12.9. The van der Waals surface area contributed by atoms with Crippen molar-refractivity contribution in [3.63, 3.8) is 0 Å². The number of hydrogen-bond acceptors (Lipinski definition) is 2. The Balaban J connectivity index is 2.40. The van der Waals surface area contributed by atoms with Gasteiger partial charge in [-0.15, -0.1) is 0 Å². The van der Waals surface area contributed by atoms with Crippen LogP contribution in [0.5, 0.6) is 0 Å². The fourth-order valence-corrected chi connectivity index (χ4v) is 2.39. The summed E-state index contributed by atoms with van der Waals surface area (Å²) in [5, 5.41) is 12.7. The number of benzene rings is 1. The maximum absolute atomic E-state index is 11.4. The molecule has 0 saturated heterocycles. The number of nitrogens with one attached hydrogen (secondary N) is 1. The highest BCUT2D eigenvalue weighted by molar-refractivity contribution is 5.87. The van der Waals surface area contributed by atoms with E-state index in [-0.39, 0.29) is 0 Å². The standard InChI is InChI=1S/C14H20N2O2/c1-14(2,3)16(13(17)18)12-5-4-10-6-7-15-9-11(10)8-12/h4-5,8,15H,6-7,9H2,1-3H3,(H,17,18). The van der Waals surface area contributed by atoms with Gasteiger partial charge in [0.15, 0.2) is 0 Å². The molecule has 1 aromatic rings. The minimum absolute atomic E-state index is 0.442. The van der Waals surface area contributed by atoms with Crippen LogP contribution in [0.4, 0.5) is 10.5 Å². The number of amides is 1. The van der Waals surface area contributed by atoms with Crippen molar-refractivity contribution in [3.05, 3.63) is 29.3 Å². The van der Waals surface area contributed by atoms with Crippen LogP contribution in [0.25, 0.3) is 0 Å². The smallest absolute Gasteiger partial charge is 0.412 e. The molecule has 0 atom stereocenters. The summed E-state index contributed by atoms with van der Waals surface area (Å²) in [4.78, 5) is 12.8. The summed E-state index contributed by atoms with van der Waals surface area (Å²) in [7, 11) is 0. The van der Waals surface area contributed by atoms with Crippen LogP contribution in [0.3, 0.4) is 0 Å². The molecule has 2 rings (SSSR count). The Hall–Kier alpha value is -1.55. The number of anilines is 1. The van der Waals surface area contributed by atoms with E-state index in [1.54, 1.807) is 0 Å². The summed E-state index contributed by atoms with van der Waals surface area (Å²) < 4.78 is 0. The molecule has 98 valence electrons. The molecule has 1 amide bonds. The second kappa shape index (κ2) is 4.61. The second-order valence-electron chi connectivity index (χ2n) is 5.67. The van der Waals surface area contributed by atoms with E-state index in [0.29, 0.717) is 0 Å². The molecule has 0 saturated carbocycles. The van der Waals surface area contributed by atoms with Gasteiger partial charge >= 0.3 is 6.09 Å². The fraction of sp³-hybridized carbons (Fsp3) is 0.500. The molecule has 0 spiro atoms. The Morgan fingerprint density at radius 2 is 2.06 bits per heavy atom. The van der Waals surface area contributed by atoms with Crippen molar-refractivity contribution in [2.75, 3.05) is 11.4 Å². The van der Waals surface area contributed by atoms with Crippen LogP contribution in [0.1, 0.15) is 31.9 Å². The minimum Gasteiger partial charge on any atom is -0.465 e. The molecule has 1 aliphatic rings. The highest BCUT2D eigenvalue weighted by atomic mass is 16.4. The molecule has 0 bridgehead atoms. The van der Waals surface area contributed by atoms with Crippen molar-refractivity contribution in [3.8, 4) is 0 Å². The van der Waals surface area contributed by atoms with Crippen molar-refractivity contribution in [2.45, 2.75) is 39.3 Å². The molecule has 0 fully saturated rings. The number of nitrogens with zero attached hydrogens (tertiary/aromatic N) is 1. The van der Waals surface area contributed by atoms with E-state index in [9.17, 15) is 9.90 Å². The van der Waals surface area contributed by atoms with E-state index in [1.807, 2.05) is 39.0 Å². The highest BCUT2D eigenvalue weighted by Crippen LogP contribution is 2.27. The van der Waals surface area contributed by atoms with Crippen LogP contribution in [0, 0.1) is 0 Å². The van der Waals surface area contributed by atoms with Gasteiger partial charge in [0.05, 0.1) is 0 Å². The lowest BCUT2D eigenvalue weighted by Crippen LogP contribution is -2.45. The van der Waals surface area contributed by atoms with Gasteiger partial charge in [0.1, 0.15) is 0 Å². The van der Waals surface area contributed by atoms with Crippen LogP contribution >= 0.6 is 0 Å². The third kappa shape index (κ3) is 2.48. The van der Waals surface area contributed by atoms with E-state index < -0.39 is 11.6 Å². The molecule has 1 aromatic carbocycles. The van der Waals surface area contributed by atoms with Gasteiger partial charge in [-0.1, -0.05) is 6.07 Å². The molecule has 0 radical (unpaired) electrons. The number of carbonyl (C=O) groups is 1. The molecule has 1 aliphatic heterocycles. The zero-order chi connectivity index (χ0) is 13.3. The van der Waals surface area contributed by atoms with Crippen LogP contribution in [-0.4, -0.2) is 23.3 Å². The predicted molar refractivity (Wildman–Crippen MR) is 72.1 cm³/mol. The number of fused-ring (bicyclic) bond motifs is 1. The van der Waals surface area contributed by atoms with Crippen LogP contribution in [-0.2, 0) is 13.0 Å². The van der Waals surface area contributed by atoms with Gasteiger partial charge in [0.2, 0.25) is 0 Å². The Morgan fingerprint density at radius 3 is 2.67 bits per heavy atom. The Kier molecular flexibility index (Phi) is 3.30. The predicted octanol–water partition coefficient (Wildman–Crippen LogP) is 2.62. The van der Waals surface area contributed by atoms with Gasteiger partial charge in [0, 0.05) is 17.8 Å². The first-order chi connectivity index (χ1) is 8.39. The summed E-state index contributed by atoms with van der Waals surface area (Å²) in [5.74, 6) is 0. The maximum Gasteiger partial charge on any atom is 0.412 e. The van der Waals surface area contributed by atoms with E-state index in [1.165, 1.54) is 16.0 Å². The molecule has 0 aliphatic carbocycles. The topological polar surface area (TPSA) is 52.6 Å². The molecule has 0 aromatic heterocycles. The molecule has 1 heterocycles.